The Labute approximate surface area is 108 Å². The fraction of sp³-hybridized carbons (Fsp3) is 0.167. The van der Waals surface area contributed by atoms with Gasteiger partial charge in [-0.3, -0.25) is 14.3 Å². The van der Waals surface area contributed by atoms with Crippen LogP contribution in [0.15, 0.2) is 46.0 Å². The van der Waals surface area contributed by atoms with Crippen LogP contribution in [0.25, 0.3) is 0 Å². The minimum Gasteiger partial charge on any atom is -0.356 e. The van der Waals surface area contributed by atoms with Gasteiger partial charge in [-0.2, -0.15) is 0 Å². The second kappa shape index (κ2) is 5.66. The highest BCUT2D eigenvalue weighted by molar-refractivity contribution is 6.29. The molecule has 18 heavy (non-hydrogen) atoms. The molecule has 0 unspecified atom stereocenters. The van der Waals surface area contributed by atoms with Crippen molar-refractivity contribution in [3.63, 3.8) is 0 Å². The molecule has 0 radical (unpaired) electrons. The first kappa shape index (κ1) is 12.6. The van der Waals surface area contributed by atoms with E-state index < -0.39 is 11.2 Å². The minimum atomic E-state index is -0.583. The van der Waals surface area contributed by atoms with Gasteiger partial charge in [-0.15, -0.1) is 0 Å². The van der Waals surface area contributed by atoms with Gasteiger partial charge in [0.15, 0.2) is 0 Å². The summed E-state index contributed by atoms with van der Waals surface area (Å²) in [6.07, 6.45) is 0. The van der Waals surface area contributed by atoms with Crippen LogP contribution >= 0.6 is 11.6 Å². The zero-order valence-corrected chi connectivity index (χ0v) is 10.2. The van der Waals surface area contributed by atoms with Crippen molar-refractivity contribution in [1.29, 1.82) is 0 Å². The van der Waals surface area contributed by atoms with Gasteiger partial charge >= 0.3 is 5.69 Å². The van der Waals surface area contributed by atoms with Crippen molar-refractivity contribution in [2.45, 2.75) is 13.3 Å². The van der Waals surface area contributed by atoms with Gasteiger partial charge in [0, 0.05) is 6.07 Å². The highest BCUT2D eigenvalue weighted by atomic mass is 35.5. The molecule has 0 aliphatic rings. The maximum absolute atomic E-state index is 11.4. The Morgan fingerprint density at radius 3 is 2.61 bits per heavy atom. The Bertz CT molecular complexity index is 634. The Morgan fingerprint density at radius 2 is 1.94 bits per heavy atom. The zero-order valence-electron chi connectivity index (χ0n) is 9.43. The van der Waals surface area contributed by atoms with E-state index in [2.05, 4.69) is 4.98 Å². The quantitative estimate of drug-likeness (QED) is 0.850. The lowest BCUT2D eigenvalue weighted by atomic mass is 10.2. The number of halogens is 1. The smallest absolute Gasteiger partial charge is 0.331 e. The van der Waals surface area contributed by atoms with Crippen molar-refractivity contribution in [3.8, 4) is 0 Å². The molecule has 0 amide bonds. The number of H-pyrrole nitrogens is 1. The monoisotopic (exact) mass is 266 g/mol. The lowest BCUT2D eigenvalue weighted by Crippen LogP contribution is -2.30. The number of hydrogen-bond acceptors (Lipinski definition) is 3. The number of hydrogen-bond donors (Lipinski definition) is 1. The summed E-state index contributed by atoms with van der Waals surface area (Å²) in [5, 5.41) is 0.0526. The topological polar surface area (TPSA) is 64.1 Å². The molecule has 0 saturated heterocycles. The van der Waals surface area contributed by atoms with Crippen molar-refractivity contribution in [2.75, 3.05) is 0 Å². The zero-order chi connectivity index (χ0) is 13.0. The molecule has 0 atom stereocenters. The molecule has 6 heteroatoms. The second-order valence-electron chi connectivity index (χ2n) is 3.65. The van der Waals surface area contributed by atoms with E-state index in [4.69, 9.17) is 16.3 Å². The first-order valence-corrected chi connectivity index (χ1v) is 5.66. The number of benzene rings is 1. The molecule has 2 aromatic rings. The lowest BCUT2D eigenvalue weighted by Gasteiger charge is -2.08. The first-order valence-electron chi connectivity index (χ1n) is 5.28. The van der Waals surface area contributed by atoms with Gasteiger partial charge in [0.05, 0.1) is 6.61 Å². The largest absolute Gasteiger partial charge is 0.356 e. The minimum absolute atomic E-state index is 0.0106. The van der Waals surface area contributed by atoms with Crippen LogP contribution in [0, 0.1) is 0 Å². The van der Waals surface area contributed by atoms with Crippen LogP contribution in [0.3, 0.4) is 0 Å². The molecule has 1 N–H and O–H groups in total. The van der Waals surface area contributed by atoms with E-state index >= 15 is 0 Å². The molecule has 1 heterocycles. The van der Waals surface area contributed by atoms with E-state index in [-0.39, 0.29) is 11.9 Å². The molecule has 94 valence electrons. The lowest BCUT2D eigenvalue weighted by molar-refractivity contribution is 0.0610. The van der Waals surface area contributed by atoms with Gasteiger partial charge in [0.25, 0.3) is 5.56 Å². The van der Waals surface area contributed by atoms with Gasteiger partial charge in [0.2, 0.25) is 0 Å². The average Bonchev–Trinajstić information content (AvgIpc) is 2.34. The summed E-state index contributed by atoms with van der Waals surface area (Å²) in [7, 11) is 0. The molecule has 1 aromatic heterocycles. The predicted octanol–water partition coefficient (Wildman–Crippen LogP) is 1.36. The van der Waals surface area contributed by atoms with Crippen molar-refractivity contribution in [2.24, 2.45) is 0 Å². The van der Waals surface area contributed by atoms with Crippen LogP contribution in [-0.4, -0.2) is 9.55 Å². The highest BCUT2D eigenvalue weighted by Crippen LogP contribution is 2.04. The average molecular weight is 267 g/mol. The Hall–Kier alpha value is -1.85. The van der Waals surface area contributed by atoms with Crippen LogP contribution in [0.1, 0.15) is 5.56 Å². The van der Waals surface area contributed by atoms with Crippen molar-refractivity contribution in [3.05, 3.63) is 68.0 Å². The van der Waals surface area contributed by atoms with Gasteiger partial charge in [-0.05, 0) is 5.56 Å². The van der Waals surface area contributed by atoms with E-state index in [0.29, 0.717) is 6.61 Å². The third kappa shape index (κ3) is 3.09. The Kier molecular flexibility index (Phi) is 3.96. The third-order valence-electron chi connectivity index (χ3n) is 2.32. The van der Waals surface area contributed by atoms with Crippen molar-refractivity contribution < 1.29 is 4.74 Å². The molecule has 2 rings (SSSR count). The van der Waals surface area contributed by atoms with Crippen LogP contribution in [0.4, 0.5) is 0 Å². The van der Waals surface area contributed by atoms with Crippen LogP contribution in [0.5, 0.6) is 0 Å². The van der Waals surface area contributed by atoms with Gasteiger partial charge < -0.3 is 4.74 Å². The van der Waals surface area contributed by atoms with Crippen molar-refractivity contribution in [1.82, 2.24) is 9.55 Å². The summed E-state index contributed by atoms with van der Waals surface area (Å²) in [6.45, 7) is 0.353. The van der Waals surface area contributed by atoms with Crippen molar-refractivity contribution >= 4 is 11.6 Å². The van der Waals surface area contributed by atoms with Crippen LogP contribution in [0.2, 0.25) is 5.15 Å². The Morgan fingerprint density at radius 1 is 1.22 bits per heavy atom. The molecule has 0 saturated carbocycles. The van der Waals surface area contributed by atoms with Crippen LogP contribution in [-0.2, 0) is 18.1 Å². The van der Waals surface area contributed by atoms with Gasteiger partial charge in [-0.25, -0.2) is 4.79 Å². The van der Waals surface area contributed by atoms with Gasteiger partial charge in [0.1, 0.15) is 11.9 Å². The molecular weight excluding hydrogens is 256 g/mol. The molecule has 0 fully saturated rings. The molecule has 0 aliphatic heterocycles. The molecule has 0 bridgehead atoms. The third-order valence-corrected chi connectivity index (χ3v) is 2.63. The summed E-state index contributed by atoms with van der Waals surface area (Å²) in [6, 6.07) is 10.7. The number of aromatic amines is 1. The fourth-order valence-electron chi connectivity index (χ4n) is 1.44. The molecule has 1 aromatic carbocycles. The van der Waals surface area contributed by atoms with E-state index in [1.807, 2.05) is 30.3 Å². The first-order chi connectivity index (χ1) is 8.66. The molecular formula is C12H11ClN2O3. The summed E-state index contributed by atoms with van der Waals surface area (Å²) >= 11 is 5.78. The molecule has 0 aliphatic carbocycles. The molecule has 5 nitrogen and oxygen atoms in total. The predicted molar refractivity (Wildman–Crippen MR) is 67.6 cm³/mol. The maximum Gasteiger partial charge on any atom is 0.331 e. The standard InChI is InChI=1S/C12H11ClN2O3/c13-10-6-11(16)14-12(17)15(10)8-18-7-9-4-2-1-3-5-9/h1-6H,7-8H2,(H,14,16,17). The van der Waals surface area contributed by atoms with E-state index in [0.717, 1.165) is 16.2 Å². The summed E-state index contributed by atoms with van der Waals surface area (Å²) in [5.41, 5.74) is -0.115. The number of rotatable bonds is 4. The summed E-state index contributed by atoms with van der Waals surface area (Å²) < 4.78 is 6.51. The SMILES string of the molecule is O=c1cc(Cl)n(COCc2ccccc2)c(=O)[nH]1. The summed E-state index contributed by atoms with van der Waals surface area (Å²) in [5.74, 6) is 0. The van der Waals surface area contributed by atoms with E-state index in [9.17, 15) is 9.59 Å². The highest BCUT2D eigenvalue weighted by Gasteiger charge is 2.03. The summed E-state index contributed by atoms with van der Waals surface area (Å²) in [4.78, 5) is 24.5. The normalized spacial score (nSPS) is 10.5. The maximum atomic E-state index is 11.4. The number of ether oxygens (including phenoxy) is 1. The van der Waals surface area contributed by atoms with E-state index in [1.165, 1.54) is 0 Å². The number of aromatic nitrogens is 2. The van der Waals surface area contributed by atoms with Crippen LogP contribution < -0.4 is 11.2 Å². The van der Waals surface area contributed by atoms with Gasteiger partial charge in [-0.1, -0.05) is 41.9 Å². The second-order valence-corrected chi connectivity index (χ2v) is 4.04. The van der Waals surface area contributed by atoms with E-state index in [1.54, 1.807) is 0 Å². The molecule has 0 spiro atoms. The Balaban J connectivity index is 2.03. The fourth-order valence-corrected chi connectivity index (χ4v) is 1.67. The number of nitrogens with one attached hydrogen (secondary N) is 1. The number of nitrogens with zero attached hydrogens (tertiary/aromatic N) is 1.